The Morgan fingerprint density at radius 3 is 2.69 bits per heavy atom. The number of nitrogen functional groups attached to an aromatic ring is 1. The van der Waals surface area contributed by atoms with Gasteiger partial charge in [0.1, 0.15) is 5.84 Å². The number of nitrogens with two attached hydrogens (primary N) is 1. The average molecular weight is 387 g/mol. The van der Waals surface area contributed by atoms with Gasteiger partial charge in [0, 0.05) is 17.2 Å². The Hall–Kier alpha value is -3.34. The second-order valence-corrected chi connectivity index (χ2v) is 7.93. The molecule has 5 N–H and O–H groups in total. The topological polar surface area (TPSA) is 82.1 Å². The van der Waals surface area contributed by atoms with Crippen LogP contribution in [-0.2, 0) is 6.42 Å². The molecule has 3 aromatic rings. The Balaban J connectivity index is 1.69. The summed E-state index contributed by atoms with van der Waals surface area (Å²) in [5.74, 6) is -0.520. The van der Waals surface area contributed by atoms with Crippen LogP contribution in [0.3, 0.4) is 0 Å². The molecule has 1 heterocycles. The highest BCUT2D eigenvalue weighted by Gasteiger charge is 2.41. The molecular weight excluding hydrogens is 365 g/mol. The van der Waals surface area contributed by atoms with Crippen molar-refractivity contribution < 1.29 is 9.50 Å². The summed E-state index contributed by atoms with van der Waals surface area (Å²) in [4.78, 5) is 0. The van der Waals surface area contributed by atoms with E-state index in [0.717, 1.165) is 29.7 Å². The molecule has 5 heteroatoms. The first-order valence-corrected chi connectivity index (χ1v) is 9.84. The van der Waals surface area contributed by atoms with E-state index in [4.69, 9.17) is 11.1 Å². The van der Waals surface area contributed by atoms with Crippen molar-refractivity contribution in [2.24, 2.45) is 11.7 Å². The summed E-state index contributed by atoms with van der Waals surface area (Å²) in [6.07, 6.45) is 1.93. The van der Waals surface area contributed by atoms with Crippen LogP contribution in [0.2, 0.25) is 0 Å². The van der Waals surface area contributed by atoms with Crippen LogP contribution in [0.15, 0.2) is 60.7 Å². The molecule has 2 aliphatic rings. The van der Waals surface area contributed by atoms with Crippen molar-refractivity contribution in [1.29, 1.82) is 5.41 Å². The lowest BCUT2D eigenvalue weighted by Gasteiger charge is -2.44. The molecule has 0 aromatic heterocycles. The number of nitrogens with one attached hydrogen (secondary N) is 2. The van der Waals surface area contributed by atoms with E-state index in [1.54, 1.807) is 6.07 Å². The van der Waals surface area contributed by atoms with E-state index in [9.17, 15) is 9.50 Å². The lowest BCUT2D eigenvalue weighted by molar-refractivity contribution is 0.346. The molecule has 0 radical (unpaired) electrons. The number of fused-ring (bicyclic) bond motifs is 5. The van der Waals surface area contributed by atoms with Gasteiger partial charge in [0.2, 0.25) is 0 Å². The smallest absolute Gasteiger partial charge is 0.165 e. The molecule has 1 aliphatic heterocycles. The summed E-state index contributed by atoms with van der Waals surface area (Å²) in [7, 11) is 0. The highest BCUT2D eigenvalue weighted by Crippen LogP contribution is 2.52. The van der Waals surface area contributed by atoms with Gasteiger partial charge in [0.15, 0.2) is 11.6 Å². The molecule has 3 unspecified atom stereocenters. The van der Waals surface area contributed by atoms with E-state index < -0.39 is 5.82 Å². The van der Waals surface area contributed by atoms with E-state index >= 15 is 0 Å². The van der Waals surface area contributed by atoms with Crippen molar-refractivity contribution in [2.45, 2.75) is 24.8 Å². The highest BCUT2D eigenvalue weighted by molar-refractivity contribution is 5.95. The molecule has 3 aromatic carbocycles. The fraction of sp³-hybridized carbons (Fsp3) is 0.208. The maximum atomic E-state index is 14.1. The Morgan fingerprint density at radius 1 is 1.07 bits per heavy atom. The van der Waals surface area contributed by atoms with Gasteiger partial charge < -0.3 is 16.2 Å². The fourth-order valence-corrected chi connectivity index (χ4v) is 4.98. The summed E-state index contributed by atoms with van der Waals surface area (Å²) >= 11 is 0. The Labute approximate surface area is 168 Å². The van der Waals surface area contributed by atoms with Crippen LogP contribution >= 0.6 is 0 Å². The molecule has 29 heavy (non-hydrogen) atoms. The predicted octanol–water partition coefficient (Wildman–Crippen LogP) is 4.68. The quantitative estimate of drug-likeness (QED) is 0.381. The van der Waals surface area contributed by atoms with Crippen LogP contribution in [0.4, 0.5) is 10.1 Å². The van der Waals surface area contributed by atoms with Crippen LogP contribution < -0.4 is 11.1 Å². The summed E-state index contributed by atoms with van der Waals surface area (Å²) < 4.78 is 14.1. The van der Waals surface area contributed by atoms with Crippen molar-refractivity contribution in [3.8, 4) is 5.75 Å². The summed E-state index contributed by atoms with van der Waals surface area (Å²) in [6, 6.07) is 18.9. The van der Waals surface area contributed by atoms with E-state index in [1.165, 1.54) is 23.3 Å². The molecule has 0 amide bonds. The van der Waals surface area contributed by atoms with E-state index in [1.807, 2.05) is 18.2 Å². The Morgan fingerprint density at radius 2 is 1.90 bits per heavy atom. The predicted molar refractivity (Wildman–Crippen MR) is 112 cm³/mol. The van der Waals surface area contributed by atoms with Gasteiger partial charge >= 0.3 is 0 Å². The van der Waals surface area contributed by atoms with Gasteiger partial charge in [-0.15, -0.1) is 0 Å². The number of halogens is 1. The number of benzene rings is 3. The zero-order chi connectivity index (χ0) is 20.1. The molecule has 0 saturated carbocycles. The lowest BCUT2D eigenvalue weighted by Crippen LogP contribution is -2.35. The SMILES string of the molecule is N=C(N)c1ccc2c(c1)C1c3ccccc3CCC1C(c1ccc(O)c(F)c1)N2. The van der Waals surface area contributed by atoms with E-state index in [-0.39, 0.29) is 29.5 Å². The maximum absolute atomic E-state index is 14.1. The van der Waals surface area contributed by atoms with Crippen LogP contribution in [0.5, 0.6) is 5.75 Å². The third-order valence-corrected chi connectivity index (χ3v) is 6.33. The summed E-state index contributed by atoms with van der Waals surface area (Å²) in [5.41, 5.74) is 12.0. The van der Waals surface area contributed by atoms with Gasteiger partial charge in [-0.1, -0.05) is 30.3 Å². The normalized spacial score (nSPS) is 22.0. The standard InChI is InChI=1S/C24H22FN3O/c25-19-12-14(7-10-21(19)29)23-17-8-5-13-3-1-2-4-16(13)22(17)18-11-15(24(26)27)6-9-20(18)28-23/h1-4,6-7,9-12,17,22-23,28-29H,5,8H2,(H3,26,27). The molecule has 0 saturated heterocycles. The van der Waals surface area contributed by atoms with Crippen LogP contribution in [-0.4, -0.2) is 10.9 Å². The monoisotopic (exact) mass is 387 g/mol. The van der Waals surface area contributed by atoms with E-state index in [2.05, 4.69) is 29.6 Å². The minimum absolute atomic E-state index is 0.0520. The molecule has 5 rings (SSSR count). The average Bonchev–Trinajstić information content (AvgIpc) is 2.74. The number of amidine groups is 1. The van der Waals surface area contributed by atoms with E-state index in [0.29, 0.717) is 5.56 Å². The van der Waals surface area contributed by atoms with Crippen LogP contribution in [0.25, 0.3) is 0 Å². The molecule has 0 spiro atoms. The van der Waals surface area contributed by atoms with Crippen molar-refractivity contribution >= 4 is 11.5 Å². The first-order chi connectivity index (χ1) is 14.0. The highest BCUT2D eigenvalue weighted by atomic mass is 19.1. The molecule has 0 bridgehead atoms. The number of rotatable bonds is 2. The number of hydrogen-bond acceptors (Lipinski definition) is 3. The second kappa shape index (κ2) is 6.62. The number of aryl methyl sites for hydroxylation is 1. The molecule has 146 valence electrons. The molecular formula is C24H22FN3O. The third-order valence-electron chi connectivity index (χ3n) is 6.33. The number of anilines is 1. The number of hydrogen-bond donors (Lipinski definition) is 4. The number of phenols is 1. The Kier molecular flexibility index (Phi) is 4.05. The van der Waals surface area contributed by atoms with Gasteiger partial charge in [-0.3, -0.25) is 5.41 Å². The fourth-order valence-electron chi connectivity index (χ4n) is 4.98. The first-order valence-electron chi connectivity index (χ1n) is 9.84. The van der Waals surface area contributed by atoms with Crippen molar-refractivity contribution in [1.82, 2.24) is 0 Å². The van der Waals surface area contributed by atoms with Crippen LogP contribution in [0.1, 0.15) is 46.2 Å². The second-order valence-electron chi connectivity index (χ2n) is 7.93. The van der Waals surface area contributed by atoms with Gasteiger partial charge in [-0.2, -0.15) is 0 Å². The maximum Gasteiger partial charge on any atom is 0.165 e. The van der Waals surface area contributed by atoms with Crippen LogP contribution in [0, 0.1) is 17.1 Å². The zero-order valence-electron chi connectivity index (χ0n) is 15.8. The largest absolute Gasteiger partial charge is 0.505 e. The number of aromatic hydroxyl groups is 1. The van der Waals surface area contributed by atoms with Gasteiger partial charge in [0.05, 0.1) is 6.04 Å². The molecule has 0 fully saturated rings. The summed E-state index contributed by atoms with van der Waals surface area (Å²) in [5, 5.41) is 21.1. The van der Waals surface area contributed by atoms with Gasteiger partial charge in [-0.25, -0.2) is 4.39 Å². The molecule has 4 nitrogen and oxygen atoms in total. The van der Waals surface area contributed by atoms with Crippen molar-refractivity contribution in [3.63, 3.8) is 0 Å². The number of phenolic OH excluding ortho intramolecular Hbond substituents is 1. The van der Waals surface area contributed by atoms with Gasteiger partial charge in [-0.05, 0) is 71.3 Å². The Bertz CT molecular complexity index is 1130. The minimum Gasteiger partial charge on any atom is -0.505 e. The zero-order valence-corrected chi connectivity index (χ0v) is 15.8. The minimum atomic E-state index is -0.602. The lowest BCUT2D eigenvalue weighted by atomic mass is 9.65. The third kappa shape index (κ3) is 2.85. The van der Waals surface area contributed by atoms with Gasteiger partial charge in [0.25, 0.3) is 0 Å². The van der Waals surface area contributed by atoms with Crippen molar-refractivity contribution in [2.75, 3.05) is 5.32 Å². The van der Waals surface area contributed by atoms with Crippen molar-refractivity contribution in [3.05, 3.63) is 94.3 Å². The summed E-state index contributed by atoms with van der Waals surface area (Å²) in [6.45, 7) is 0. The molecule has 1 aliphatic carbocycles. The molecule has 3 atom stereocenters. The first kappa shape index (κ1) is 17.7.